The molecule has 0 spiro atoms. The van der Waals surface area contributed by atoms with Crippen LogP contribution < -0.4 is 43.0 Å². The Morgan fingerprint density at radius 2 is 1.06 bits per heavy atom. The number of hydrogen-bond acceptors (Lipinski definition) is 16. The molecule has 3 amide bonds. The van der Waals surface area contributed by atoms with E-state index in [1.165, 1.54) is 18.8 Å². The largest absolute Gasteiger partial charge is 0.460 e. The van der Waals surface area contributed by atoms with Crippen molar-refractivity contribution in [2.24, 2.45) is 5.73 Å². The molecular weight excluding hydrogens is 902 g/mol. The van der Waals surface area contributed by atoms with Crippen LogP contribution in [-0.4, -0.2) is 178 Å². The summed E-state index contributed by atoms with van der Waals surface area (Å²) in [6.45, 7) is 14.0. The third-order valence-corrected chi connectivity index (χ3v) is 8.87. The van der Waals surface area contributed by atoms with Gasteiger partial charge < -0.3 is 47.7 Å². The number of carbonyl (C=O) groups is 4. The van der Waals surface area contributed by atoms with Crippen LogP contribution >= 0.6 is 0 Å². The Balaban J connectivity index is 0.000000640. The maximum atomic E-state index is 12.7. The molecule has 0 bridgehead atoms. The lowest BCUT2D eigenvalue weighted by Crippen LogP contribution is -2.31. The van der Waals surface area contributed by atoms with Gasteiger partial charge in [0.1, 0.15) is 28.4 Å². The highest BCUT2D eigenvalue weighted by molar-refractivity contribution is 7.60. The number of rotatable bonds is 27. The van der Waals surface area contributed by atoms with E-state index in [9.17, 15) is 19.2 Å². The van der Waals surface area contributed by atoms with Crippen LogP contribution in [0.3, 0.4) is 0 Å². The van der Waals surface area contributed by atoms with Crippen LogP contribution in [0.2, 0.25) is 0 Å². The van der Waals surface area contributed by atoms with E-state index in [0.717, 1.165) is 44.2 Å². The van der Waals surface area contributed by atoms with Crippen molar-refractivity contribution in [2.45, 2.75) is 91.6 Å². The number of amides is 3. The maximum Gasteiger partial charge on any atom is 0.306 e. The van der Waals surface area contributed by atoms with Crippen molar-refractivity contribution in [3.63, 3.8) is 0 Å². The summed E-state index contributed by atoms with van der Waals surface area (Å²) in [5.41, 5.74) is 8.03. The van der Waals surface area contributed by atoms with Gasteiger partial charge in [0.05, 0.1) is 6.42 Å². The minimum Gasteiger partial charge on any atom is -0.460 e. The molecule has 9 N–H and O–H groups in total. The predicted octanol–water partition coefficient (Wildman–Crippen LogP) is 0.706. The number of nitrogens with two attached hydrogens (primary N) is 1. The number of ether oxygens (including phenoxy) is 1. The second kappa shape index (κ2) is 38.7. The average Bonchev–Trinajstić information content (AvgIpc) is 3.34. The summed E-state index contributed by atoms with van der Waals surface area (Å²) in [4.78, 5) is 74.2. The van der Waals surface area contributed by atoms with Gasteiger partial charge in [-0.05, 0) is 101 Å². The van der Waals surface area contributed by atoms with Crippen LogP contribution in [0.5, 0.6) is 0 Å². The van der Waals surface area contributed by atoms with Gasteiger partial charge in [0.15, 0.2) is 0 Å². The summed E-state index contributed by atoms with van der Waals surface area (Å²) in [6.07, 6.45) is 13.8. The van der Waals surface area contributed by atoms with E-state index in [4.69, 9.17) is 33.7 Å². The molecule has 0 aromatic carbocycles. The fourth-order valence-electron chi connectivity index (χ4n) is 5.47. The minimum absolute atomic E-state index is 0.0297. The number of anilines is 4. The molecule has 0 fully saturated rings. The molecule has 13 radical (unpaired) electrons. The summed E-state index contributed by atoms with van der Waals surface area (Å²) in [5.74, 6) is 0.825. The molecular formula is C44H66B9N14O5. The zero-order valence-electron chi connectivity index (χ0n) is 42.6. The topological polar surface area (TPSA) is 265 Å². The molecule has 369 valence electrons. The average molecular weight is 968 g/mol. The maximum absolute atomic E-state index is 12.7. The van der Waals surface area contributed by atoms with Crippen molar-refractivity contribution in [1.29, 1.82) is 0 Å². The quantitative estimate of drug-likeness (QED) is 0.0232. The molecule has 0 aliphatic carbocycles. The Hall–Kier alpha value is -5.92. The van der Waals surface area contributed by atoms with Crippen molar-refractivity contribution in [3.8, 4) is 0 Å². The summed E-state index contributed by atoms with van der Waals surface area (Å²) < 4.78 is 5.19. The van der Waals surface area contributed by atoms with E-state index in [1.54, 1.807) is 51.8 Å². The van der Waals surface area contributed by atoms with E-state index in [0.29, 0.717) is 86.9 Å². The molecule has 0 aliphatic heterocycles. The number of aromatic nitrogens is 6. The van der Waals surface area contributed by atoms with E-state index >= 15 is 0 Å². The van der Waals surface area contributed by atoms with Crippen LogP contribution in [0.1, 0.15) is 105 Å². The van der Waals surface area contributed by atoms with Gasteiger partial charge in [-0.25, -0.2) is 9.97 Å². The second-order valence-electron chi connectivity index (χ2n) is 16.6. The van der Waals surface area contributed by atoms with E-state index in [1.807, 2.05) is 31.2 Å². The molecule has 4 aromatic rings. The predicted molar refractivity (Wildman–Crippen MR) is 297 cm³/mol. The zero-order valence-corrected chi connectivity index (χ0v) is 42.6. The summed E-state index contributed by atoms with van der Waals surface area (Å²) >= 11 is 0. The van der Waals surface area contributed by atoms with E-state index in [2.05, 4.69) is 97.3 Å². The number of pyridine rings is 2. The molecule has 19 nitrogen and oxygen atoms in total. The van der Waals surface area contributed by atoms with E-state index < -0.39 is 24.3 Å². The first kappa shape index (κ1) is 64.1. The lowest BCUT2D eigenvalue weighted by Gasteiger charge is -2.19. The van der Waals surface area contributed by atoms with Crippen molar-refractivity contribution in [3.05, 3.63) is 83.7 Å². The van der Waals surface area contributed by atoms with Crippen LogP contribution in [0.25, 0.3) is 0 Å². The standard InChI is InChI=1S/C26H39N7O4.C18H27N7O.B5.B4/c1-5-12-29-23-20(18-32-25(33-23)31-17-11-19-9-15-27-16-10-19)24(36)30-14-6-13-28-21(34)7-8-22(35)37-26(2,3)4;1-2-8-21-16-15(17(26)22-9-3-7-19)13-24-18(25-16)23-12-6-14-4-10-20-11-5-14;1-4-5(2)3;1-4(2)3/h9-10,15-16,18H,5-8,11-14,17H2,1-4H3,(H,28,34)(H,30,36)(H2,29,31,32,33);4-5,10-11,13H,2-3,6-9,12,19H2,1H3,(H,22,26)(H2,21,23,24,25);;. The third-order valence-electron chi connectivity index (χ3n) is 8.87. The minimum atomic E-state index is -0.667. The van der Waals surface area contributed by atoms with Crippen LogP contribution in [0, 0.1) is 0 Å². The molecule has 4 rings (SSSR count). The van der Waals surface area contributed by atoms with Gasteiger partial charge in [-0.2, -0.15) is 9.97 Å². The van der Waals surface area contributed by atoms with Crippen molar-refractivity contribution < 1.29 is 23.9 Å². The molecule has 4 heterocycles. The number of esters is 1. The van der Waals surface area contributed by atoms with Gasteiger partial charge in [0.25, 0.3) is 11.8 Å². The van der Waals surface area contributed by atoms with E-state index in [-0.39, 0.29) is 30.6 Å². The molecule has 0 unspecified atom stereocenters. The lowest BCUT2D eigenvalue weighted by atomic mass is 8.97. The highest BCUT2D eigenvalue weighted by Crippen LogP contribution is 2.16. The number of carbonyl (C=O) groups excluding carboxylic acids is 4. The monoisotopic (exact) mass is 970 g/mol. The van der Waals surface area contributed by atoms with Crippen molar-refractivity contribution in [1.82, 2.24) is 45.9 Å². The van der Waals surface area contributed by atoms with Gasteiger partial charge in [-0.1, -0.05) is 13.8 Å². The molecule has 0 atom stereocenters. The highest BCUT2D eigenvalue weighted by atomic mass is 16.6. The SMILES string of the molecule is CCCNc1nc(NCCc2ccncc2)ncc1C(=O)NCCCN.CCCNc1nc(NCCc2ccncc2)ncc1C(=O)NCCCNC(=O)CCC(=O)OC(C)(C)C.[B]B([B])[B].[B][B]B([B])[B]. The molecule has 28 heteroatoms. The normalized spacial score (nSPS) is 10.1. The molecule has 0 aliphatic rings. The fraction of sp³-hybridized carbons (Fsp3) is 0.500. The van der Waals surface area contributed by atoms with Gasteiger partial charge >= 0.3 is 5.97 Å². The first-order valence-corrected chi connectivity index (χ1v) is 24.0. The summed E-state index contributed by atoms with van der Waals surface area (Å²) in [5, 5.41) is 21.2. The summed E-state index contributed by atoms with van der Waals surface area (Å²) in [7, 11) is 29.8. The third kappa shape index (κ3) is 32.1. The Labute approximate surface area is 436 Å². The van der Waals surface area contributed by atoms with Gasteiger partial charge in [-0.3, -0.25) is 29.1 Å². The molecule has 0 saturated heterocycles. The van der Waals surface area contributed by atoms with Crippen molar-refractivity contribution in [2.75, 3.05) is 73.6 Å². The second-order valence-corrected chi connectivity index (χ2v) is 16.6. The van der Waals surface area contributed by atoms with Crippen molar-refractivity contribution >= 4 is 113 Å². The Bertz CT molecular complexity index is 2120. The smallest absolute Gasteiger partial charge is 0.306 e. The Morgan fingerprint density at radius 3 is 1.44 bits per heavy atom. The molecule has 72 heavy (non-hydrogen) atoms. The Kier molecular flexibility index (Phi) is 34.5. The first-order valence-electron chi connectivity index (χ1n) is 24.0. The lowest BCUT2D eigenvalue weighted by molar-refractivity contribution is -0.155. The van der Waals surface area contributed by atoms with Gasteiger partial charge in [0, 0.05) is 156 Å². The van der Waals surface area contributed by atoms with Crippen LogP contribution in [0.4, 0.5) is 23.5 Å². The van der Waals surface area contributed by atoms with Gasteiger partial charge in [-0.15, -0.1) is 0 Å². The fourth-order valence-corrected chi connectivity index (χ4v) is 5.47. The Morgan fingerprint density at radius 1 is 0.639 bits per heavy atom. The summed E-state index contributed by atoms with van der Waals surface area (Å²) in [6, 6.07) is 7.87. The molecule has 4 aromatic heterocycles. The first-order chi connectivity index (χ1) is 34.4. The van der Waals surface area contributed by atoms with Gasteiger partial charge in [0.2, 0.25) is 17.8 Å². The number of nitrogens with one attached hydrogen (secondary N) is 7. The zero-order chi connectivity index (χ0) is 53.6. The number of nitrogens with zero attached hydrogens (tertiary/aromatic N) is 6. The number of hydrogen-bond donors (Lipinski definition) is 8. The molecule has 0 saturated carbocycles. The highest BCUT2D eigenvalue weighted by Gasteiger charge is 2.18. The van der Waals surface area contributed by atoms with Crippen LogP contribution in [-0.2, 0) is 27.2 Å². The van der Waals surface area contributed by atoms with Crippen LogP contribution in [0.15, 0.2) is 61.4 Å².